The summed E-state index contributed by atoms with van der Waals surface area (Å²) >= 11 is 7.32. The number of halogens is 1. The number of aliphatic hydroxyl groups excluding tert-OH is 1. The molecule has 0 radical (unpaired) electrons. The normalized spacial score (nSPS) is 17.1. The van der Waals surface area contributed by atoms with Crippen LogP contribution in [0.25, 0.3) is 16.0 Å². The molecule has 1 unspecified atom stereocenters. The summed E-state index contributed by atoms with van der Waals surface area (Å²) in [5.74, 6) is -1.26. The molecule has 0 bridgehead atoms. The van der Waals surface area contributed by atoms with Gasteiger partial charge in [0.15, 0.2) is 16.6 Å². The number of amides is 1. The number of hydrogen-bond donors (Lipinski definition) is 2. The van der Waals surface area contributed by atoms with Gasteiger partial charge in [-0.15, -0.1) is 0 Å². The third-order valence-corrected chi connectivity index (χ3v) is 7.11. The lowest BCUT2D eigenvalue weighted by Crippen LogP contribution is -2.29. The van der Waals surface area contributed by atoms with E-state index in [1.807, 2.05) is 0 Å². The van der Waals surface area contributed by atoms with Gasteiger partial charge in [-0.05, 0) is 54.1 Å². The van der Waals surface area contributed by atoms with Crippen molar-refractivity contribution >= 4 is 55.7 Å². The van der Waals surface area contributed by atoms with Crippen molar-refractivity contribution in [2.75, 3.05) is 19.1 Å². The van der Waals surface area contributed by atoms with Crippen molar-refractivity contribution in [1.82, 2.24) is 4.98 Å². The summed E-state index contributed by atoms with van der Waals surface area (Å²) in [6.07, 6.45) is 0. The molecular formula is C26H19ClN2O6S. The highest BCUT2D eigenvalue weighted by Gasteiger charge is 2.48. The highest BCUT2D eigenvalue weighted by atomic mass is 35.5. The number of benzene rings is 3. The number of aliphatic hydroxyl groups is 1. The number of aromatic nitrogens is 1. The average Bonchev–Trinajstić information content (AvgIpc) is 3.41. The molecule has 2 N–H and O–H groups in total. The second kappa shape index (κ2) is 9.18. The van der Waals surface area contributed by atoms with Gasteiger partial charge in [0.2, 0.25) is 0 Å². The number of fused-ring (bicyclic) bond motifs is 1. The Morgan fingerprint density at radius 2 is 1.72 bits per heavy atom. The molecule has 2 heterocycles. The number of hydrogen-bond acceptors (Lipinski definition) is 8. The van der Waals surface area contributed by atoms with Crippen LogP contribution in [0, 0.1) is 0 Å². The van der Waals surface area contributed by atoms with E-state index in [4.69, 9.17) is 21.1 Å². The lowest BCUT2D eigenvalue weighted by Gasteiger charge is -2.23. The predicted molar refractivity (Wildman–Crippen MR) is 137 cm³/mol. The van der Waals surface area contributed by atoms with E-state index in [9.17, 15) is 19.8 Å². The lowest BCUT2D eigenvalue weighted by molar-refractivity contribution is -0.132. The van der Waals surface area contributed by atoms with E-state index >= 15 is 0 Å². The molecule has 1 atom stereocenters. The summed E-state index contributed by atoms with van der Waals surface area (Å²) in [5.41, 5.74) is 1.28. The molecule has 10 heteroatoms. The number of Topliss-reactive ketones (excluding diaryl/α,β-unsaturated/α-hetero) is 1. The lowest BCUT2D eigenvalue weighted by atomic mass is 9.95. The summed E-state index contributed by atoms with van der Waals surface area (Å²) in [6, 6.07) is 14.9. The molecule has 0 saturated carbocycles. The number of methoxy groups -OCH3 is 2. The molecule has 8 nitrogen and oxygen atoms in total. The fraction of sp³-hybridized carbons (Fsp3) is 0.115. The Bertz CT molecular complexity index is 1550. The molecule has 5 rings (SSSR count). The van der Waals surface area contributed by atoms with E-state index in [1.165, 1.54) is 48.7 Å². The Labute approximate surface area is 214 Å². The standard InChI is InChI=1S/C26H19ClN2O6S/c1-34-18-10-5-14(11-19(18)35-2)23(31)21-22(13-3-7-16(30)8-4-13)29(25(33)24(21)32)26-28-17-9-6-15(27)12-20(17)36-26/h3-12,22,30-31H,1-2H3/b23-21+. The molecule has 182 valence electrons. The van der Waals surface area contributed by atoms with Crippen LogP contribution in [0.5, 0.6) is 17.2 Å². The smallest absolute Gasteiger partial charge is 0.301 e. The second-order valence-electron chi connectivity index (χ2n) is 7.94. The van der Waals surface area contributed by atoms with Crippen molar-refractivity contribution < 1.29 is 29.3 Å². The van der Waals surface area contributed by atoms with Crippen LogP contribution in [0.4, 0.5) is 5.13 Å². The maximum absolute atomic E-state index is 13.3. The Morgan fingerprint density at radius 3 is 2.42 bits per heavy atom. The van der Waals surface area contributed by atoms with Crippen LogP contribution in [-0.2, 0) is 9.59 Å². The quantitative estimate of drug-likeness (QED) is 0.208. The number of carbonyl (C=O) groups is 2. The summed E-state index contributed by atoms with van der Waals surface area (Å²) < 4.78 is 11.3. The Morgan fingerprint density at radius 1 is 1.00 bits per heavy atom. The van der Waals surface area contributed by atoms with Gasteiger partial charge in [-0.1, -0.05) is 35.1 Å². The summed E-state index contributed by atoms with van der Waals surface area (Å²) in [6.45, 7) is 0. The van der Waals surface area contributed by atoms with E-state index < -0.39 is 17.7 Å². The van der Waals surface area contributed by atoms with Crippen LogP contribution in [0.2, 0.25) is 5.02 Å². The molecule has 1 aliphatic heterocycles. The van der Waals surface area contributed by atoms with Crippen molar-refractivity contribution in [2.45, 2.75) is 6.04 Å². The first kappa shape index (κ1) is 23.7. The highest BCUT2D eigenvalue weighted by molar-refractivity contribution is 7.22. The molecule has 1 aliphatic rings. The number of ether oxygens (including phenoxy) is 2. The van der Waals surface area contributed by atoms with Crippen molar-refractivity contribution in [2.24, 2.45) is 0 Å². The molecular weight excluding hydrogens is 504 g/mol. The first-order chi connectivity index (χ1) is 17.3. The number of rotatable bonds is 5. The maximum atomic E-state index is 13.3. The zero-order valence-corrected chi connectivity index (χ0v) is 20.6. The van der Waals surface area contributed by atoms with Crippen LogP contribution in [0.3, 0.4) is 0 Å². The highest BCUT2D eigenvalue weighted by Crippen LogP contribution is 2.45. The fourth-order valence-electron chi connectivity index (χ4n) is 4.13. The van der Waals surface area contributed by atoms with Crippen molar-refractivity contribution in [3.63, 3.8) is 0 Å². The molecule has 3 aromatic carbocycles. The second-order valence-corrected chi connectivity index (χ2v) is 9.38. The van der Waals surface area contributed by atoms with E-state index in [1.54, 1.807) is 42.5 Å². The summed E-state index contributed by atoms with van der Waals surface area (Å²) in [5, 5.41) is 21.9. The number of phenols is 1. The largest absolute Gasteiger partial charge is 0.508 e. The molecule has 1 aromatic heterocycles. The SMILES string of the molecule is COc1ccc(/C(O)=C2\C(=O)C(=O)N(c3nc4ccc(Cl)cc4s3)C2c2ccc(O)cc2)cc1OC. The van der Waals surface area contributed by atoms with Crippen LogP contribution < -0.4 is 14.4 Å². The Kier molecular flexibility index (Phi) is 6.03. The van der Waals surface area contributed by atoms with Crippen molar-refractivity contribution in [3.05, 3.63) is 82.4 Å². The number of nitrogens with zero attached hydrogens (tertiary/aromatic N) is 2. The van der Waals surface area contributed by atoms with Crippen LogP contribution in [0.15, 0.2) is 66.2 Å². The van der Waals surface area contributed by atoms with Gasteiger partial charge in [-0.25, -0.2) is 4.98 Å². The predicted octanol–water partition coefficient (Wildman–Crippen LogP) is 5.30. The van der Waals surface area contributed by atoms with Gasteiger partial charge >= 0.3 is 5.91 Å². The zero-order chi connectivity index (χ0) is 25.6. The maximum Gasteiger partial charge on any atom is 0.301 e. The van der Waals surface area contributed by atoms with E-state index in [0.717, 1.165) is 4.70 Å². The first-order valence-electron chi connectivity index (χ1n) is 10.7. The van der Waals surface area contributed by atoms with Gasteiger partial charge < -0.3 is 19.7 Å². The van der Waals surface area contributed by atoms with E-state index in [2.05, 4.69) is 4.98 Å². The molecule has 36 heavy (non-hydrogen) atoms. The van der Waals surface area contributed by atoms with Crippen LogP contribution in [-0.4, -0.2) is 41.1 Å². The third-order valence-electron chi connectivity index (χ3n) is 5.86. The van der Waals surface area contributed by atoms with Crippen LogP contribution in [0.1, 0.15) is 17.2 Å². The fourth-order valence-corrected chi connectivity index (χ4v) is 5.40. The monoisotopic (exact) mass is 522 g/mol. The summed E-state index contributed by atoms with van der Waals surface area (Å²) in [4.78, 5) is 32.5. The van der Waals surface area contributed by atoms with E-state index in [-0.39, 0.29) is 27.8 Å². The Hall–Kier alpha value is -4.08. The molecule has 0 aliphatic carbocycles. The number of phenolic OH excluding ortho intramolecular Hbond substituents is 1. The number of carbonyl (C=O) groups excluding carboxylic acids is 2. The Balaban J connectivity index is 1.72. The molecule has 4 aromatic rings. The third kappa shape index (κ3) is 3.92. The number of ketones is 1. The van der Waals surface area contributed by atoms with E-state index in [0.29, 0.717) is 27.6 Å². The summed E-state index contributed by atoms with van der Waals surface area (Å²) in [7, 11) is 2.94. The zero-order valence-electron chi connectivity index (χ0n) is 19.1. The number of aromatic hydroxyl groups is 1. The minimum Gasteiger partial charge on any atom is -0.508 e. The van der Waals surface area contributed by atoms with Gasteiger partial charge in [0.1, 0.15) is 11.5 Å². The van der Waals surface area contributed by atoms with Crippen molar-refractivity contribution in [1.29, 1.82) is 0 Å². The molecule has 1 fully saturated rings. The number of anilines is 1. The topological polar surface area (TPSA) is 109 Å². The van der Waals surface area contributed by atoms with Gasteiger partial charge in [-0.2, -0.15) is 0 Å². The van der Waals surface area contributed by atoms with Gasteiger partial charge in [0.05, 0.1) is 36.1 Å². The van der Waals surface area contributed by atoms with Gasteiger partial charge in [0, 0.05) is 10.6 Å². The molecule has 1 saturated heterocycles. The average molecular weight is 523 g/mol. The molecule has 1 amide bonds. The minimum absolute atomic E-state index is 0.0187. The first-order valence-corrected chi connectivity index (χ1v) is 11.9. The van der Waals surface area contributed by atoms with Crippen LogP contribution >= 0.6 is 22.9 Å². The molecule has 0 spiro atoms. The number of thiazole rings is 1. The van der Waals surface area contributed by atoms with Gasteiger partial charge in [0.25, 0.3) is 5.78 Å². The van der Waals surface area contributed by atoms with Crippen molar-refractivity contribution in [3.8, 4) is 17.2 Å². The minimum atomic E-state index is -0.991. The van der Waals surface area contributed by atoms with Gasteiger partial charge in [-0.3, -0.25) is 14.5 Å².